The summed E-state index contributed by atoms with van der Waals surface area (Å²) in [6, 6.07) is 2.96. The highest BCUT2D eigenvalue weighted by Crippen LogP contribution is 2.22. The summed E-state index contributed by atoms with van der Waals surface area (Å²) in [7, 11) is -3.45. The van der Waals surface area contributed by atoms with Gasteiger partial charge in [0, 0.05) is 19.0 Å². The first-order valence-electron chi connectivity index (χ1n) is 5.83. The molecule has 0 bridgehead atoms. The molecule has 0 unspecified atom stereocenters. The lowest BCUT2D eigenvalue weighted by molar-refractivity contribution is -0.135. The number of hydrogen-bond donors (Lipinski definition) is 1. The summed E-state index contributed by atoms with van der Waals surface area (Å²) < 4.78 is 23.4. The molecule has 106 valence electrons. The second-order valence-electron chi connectivity index (χ2n) is 4.77. The minimum atomic E-state index is -3.45. The Morgan fingerprint density at radius 3 is 2.58 bits per heavy atom. The largest absolute Gasteiger partial charge is 0.480 e. The van der Waals surface area contributed by atoms with Crippen molar-refractivity contribution in [3.8, 4) is 0 Å². The predicted octanol–water partition coefficient (Wildman–Crippen LogP) is 1.03. The zero-order valence-electron chi connectivity index (χ0n) is 11.2. The second-order valence-corrected chi connectivity index (χ2v) is 6.75. The average Bonchev–Trinajstić information content (AvgIpc) is 2.25. The number of aromatic nitrogens is 1. The molecular formula is C12H18N2O4S. The molecular weight excluding hydrogens is 268 g/mol. The number of carbonyl (C=O) groups is 1. The lowest BCUT2D eigenvalue weighted by Gasteiger charge is -2.25. The maximum atomic E-state index is 11.7. The molecule has 0 amide bonds. The lowest BCUT2D eigenvalue weighted by Crippen LogP contribution is -2.34. The van der Waals surface area contributed by atoms with Gasteiger partial charge in [-0.15, -0.1) is 0 Å². The highest BCUT2D eigenvalue weighted by atomic mass is 32.2. The van der Waals surface area contributed by atoms with Crippen LogP contribution in [-0.4, -0.2) is 43.8 Å². The first-order valence-corrected chi connectivity index (χ1v) is 7.72. The number of anilines is 1. The molecule has 0 aliphatic carbocycles. The summed E-state index contributed by atoms with van der Waals surface area (Å²) in [5, 5.41) is 8.93. The smallest absolute Gasteiger partial charge is 0.323 e. The molecule has 0 aliphatic rings. The second kappa shape index (κ2) is 6.01. The van der Waals surface area contributed by atoms with Crippen molar-refractivity contribution in [2.45, 2.75) is 18.7 Å². The van der Waals surface area contributed by atoms with Gasteiger partial charge in [0.2, 0.25) is 0 Å². The molecule has 0 spiro atoms. The number of rotatable bonds is 6. The topological polar surface area (TPSA) is 87.6 Å². The maximum Gasteiger partial charge on any atom is 0.323 e. The normalized spacial score (nSPS) is 11.6. The zero-order valence-corrected chi connectivity index (χ0v) is 12.0. The molecule has 1 heterocycles. The minimum absolute atomic E-state index is 0.0527. The van der Waals surface area contributed by atoms with E-state index in [-0.39, 0.29) is 23.2 Å². The van der Waals surface area contributed by atoms with E-state index in [2.05, 4.69) is 4.98 Å². The number of pyridine rings is 1. The Kier molecular flexibility index (Phi) is 4.88. The lowest BCUT2D eigenvalue weighted by atomic mass is 10.2. The van der Waals surface area contributed by atoms with Gasteiger partial charge in [-0.25, -0.2) is 13.4 Å². The predicted molar refractivity (Wildman–Crippen MR) is 72.0 cm³/mol. The monoisotopic (exact) mass is 286 g/mol. The SMILES string of the molecule is CC(C)CN(CC(=O)O)c1ncccc1S(C)(=O)=O. The quantitative estimate of drug-likeness (QED) is 0.840. The fourth-order valence-corrected chi connectivity index (χ4v) is 2.58. The highest BCUT2D eigenvalue weighted by molar-refractivity contribution is 7.90. The summed E-state index contributed by atoms with van der Waals surface area (Å²) in [5.74, 6) is -0.638. The van der Waals surface area contributed by atoms with Crippen molar-refractivity contribution >= 4 is 21.6 Å². The number of sulfone groups is 1. The van der Waals surface area contributed by atoms with Crippen LogP contribution in [-0.2, 0) is 14.6 Å². The first-order chi connectivity index (χ1) is 8.71. The van der Waals surface area contributed by atoms with Gasteiger partial charge in [-0.05, 0) is 18.1 Å². The van der Waals surface area contributed by atoms with E-state index >= 15 is 0 Å². The van der Waals surface area contributed by atoms with Crippen LogP contribution < -0.4 is 4.90 Å². The third kappa shape index (κ3) is 4.51. The molecule has 7 heteroatoms. The number of aliphatic carboxylic acids is 1. The number of carboxylic acid groups (broad SMARTS) is 1. The Balaban J connectivity index is 3.26. The van der Waals surface area contributed by atoms with Crippen LogP contribution in [0.25, 0.3) is 0 Å². The van der Waals surface area contributed by atoms with Crippen molar-refractivity contribution in [1.29, 1.82) is 0 Å². The van der Waals surface area contributed by atoms with E-state index < -0.39 is 15.8 Å². The van der Waals surface area contributed by atoms with Gasteiger partial charge in [0.15, 0.2) is 9.84 Å². The Bertz CT molecular complexity index is 555. The van der Waals surface area contributed by atoms with Gasteiger partial charge in [0.05, 0.1) is 0 Å². The van der Waals surface area contributed by atoms with E-state index in [1.807, 2.05) is 13.8 Å². The van der Waals surface area contributed by atoms with Gasteiger partial charge in [0.1, 0.15) is 17.3 Å². The van der Waals surface area contributed by atoms with Crippen molar-refractivity contribution in [3.63, 3.8) is 0 Å². The van der Waals surface area contributed by atoms with Crippen LogP contribution in [0.5, 0.6) is 0 Å². The molecule has 1 aromatic rings. The Morgan fingerprint density at radius 1 is 1.47 bits per heavy atom. The van der Waals surface area contributed by atoms with Crippen LogP contribution in [0.3, 0.4) is 0 Å². The standard InChI is InChI=1S/C12H18N2O4S/c1-9(2)7-14(8-11(15)16)12-10(19(3,17)18)5-4-6-13-12/h4-6,9H,7-8H2,1-3H3,(H,15,16). The van der Waals surface area contributed by atoms with E-state index in [1.54, 1.807) is 0 Å². The molecule has 1 rings (SSSR count). The Hall–Kier alpha value is -1.63. The van der Waals surface area contributed by atoms with Crippen molar-refractivity contribution in [2.24, 2.45) is 5.92 Å². The minimum Gasteiger partial charge on any atom is -0.480 e. The van der Waals surface area contributed by atoms with E-state index in [9.17, 15) is 13.2 Å². The van der Waals surface area contributed by atoms with Crippen LogP contribution in [0.2, 0.25) is 0 Å². The molecule has 0 atom stereocenters. The molecule has 0 fully saturated rings. The Labute approximate surface area is 113 Å². The highest BCUT2D eigenvalue weighted by Gasteiger charge is 2.21. The van der Waals surface area contributed by atoms with Crippen molar-refractivity contribution in [1.82, 2.24) is 4.98 Å². The van der Waals surface area contributed by atoms with E-state index in [0.717, 1.165) is 6.26 Å². The van der Waals surface area contributed by atoms with E-state index in [1.165, 1.54) is 23.2 Å². The van der Waals surface area contributed by atoms with Gasteiger partial charge in [-0.3, -0.25) is 4.79 Å². The van der Waals surface area contributed by atoms with Crippen LogP contribution in [0.1, 0.15) is 13.8 Å². The molecule has 0 saturated carbocycles. The average molecular weight is 286 g/mol. The van der Waals surface area contributed by atoms with E-state index in [0.29, 0.717) is 6.54 Å². The van der Waals surface area contributed by atoms with Crippen LogP contribution in [0.15, 0.2) is 23.2 Å². The van der Waals surface area contributed by atoms with E-state index in [4.69, 9.17) is 5.11 Å². The maximum absolute atomic E-state index is 11.7. The van der Waals surface area contributed by atoms with Crippen LogP contribution in [0.4, 0.5) is 5.82 Å². The van der Waals surface area contributed by atoms with Gasteiger partial charge < -0.3 is 10.0 Å². The van der Waals surface area contributed by atoms with Crippen molar-refractivity contribution < 1.29 is 18.3 Å². The summed E-state index contributed by atoms with van der Waals surface area (Å²) >= 11 is 0. The molecule has 1 N–H and O–H groups in total. The van der Waals surface area contributed by atoms with Crippen molar-refractivity contribution in [2.75, 3.05) is 24.2 Å². The zero-order chi connectivity index (χ0) is 14.6. The molecule has 0 aliphatic heterocycles. The Morgan fingerprint density at radius 2 is 2.11 bits per heavy atom. The third-order valence-electron chi connectivity index (χ3n) is 2.36. The number of hydrogen-bond acceptors (Lipinski definition) is 5. The van der Waals surface area contributed by atoms with Crippen LogP contribution >= 0.6 is 0 Å². The van der Waals surface area contributed by atoms with Crippen molar-refractivity contribution in [3.05, 3.63) is 18.3 Å². The molecule has 1 aromatic heterocycles. The van der Waals surface area contributed by atoms with Crippen LogP contribution in [0, 0.1) is 5.92 Å². The third-order valence-corrected chi connectivity index (χ3v) is 3.48. The molecule has 6 nitrogen and oxygen atoms in total. The van der Waals surface area contributed by atoms with Gasteiger partial charge in [-0.1, -0.05) is 13.8 Å². The summed E-state index contributed by atoms with van der Waals surface area (Å²) in [5.41, 5.74) is 0. The fourth-order valence-electron chi connectivity index (χ4n) is 1.74. The van der Waals surface area contributed by atoms with Gasteiger partial charge in [-0.2, -0.15) is 0 Å². The molecule has 0 aromatic carbocycles. The van der Waals surface area contributed by atoms with Gasteiger partial charge >= 0.3 is 5.97 Å². The summed E-state index contributed by atoms with van der Waals surface area (Å²) in [6.07, 6.45) is 2.54. The molecule has 0 saturated heterocycles. The number of nitrogens with zero attached hydrogens (tertiary/aromatic N) is 2. The molecule has 0 radical (unpaired) electrons. The first kappa shape index (κ1) is 15.4. The summed E-state index contributed by atoms with van der Waals surface area (Å²) in [4.78, 5) is 16.5. The number of carboxylic acids is 1. The van der Waals surface area contributed by atoms with Gasteiger partial charge in [0.25, 0.3) is 0 Å². The molecule has 19 heavy (non-hydrogen) atoms. The summed E-state index contributed by atoms with van der Waals surface area (Å²) in [6.45, 7) is 4.00. The fraction of sp³-hybridized carbons (Fsp3) is 0.500.